The first kappa shape index (κ1) is 32.5. The SMILES string of the molecule is CC(C)(C)OC(=O)N1CCC[C@@H]1CO.COC(=O)c1ccc(F)c(O)c1.O=C(O)c1ccc2c(c1)OC[C@H]1CCCN21. The van der Waals surface area contributed by atoms with Crippen LogP contribution in [0.15, 0.2) is 36.4 Å². The molecule has 230 valence electrons. The molecule has 0 saturated carbocycles. The molecule has 2 atom stereocenters. The third kappa shape index (κ3) is 8.48. The number of esters is 1. The number of hydrogen-bond acceptors (Lipinski definition) is 9. The molecule has 3 N–H and O–H groups in total. The number of carbonyl (C=O) groups excluding carboxylic acids is 2. The van der Waals surface area contributed by atoms with Crippen molar-refractivity contribution in [1.82, 2.24) is 4.90 Å². The Labute approximate surface area is 244 Å². The van der Waals surface area contributed by atoms with E-state index in [-0.39, 0.29) is 29.9 Å². The van der Waals surface area contributed by atoms with Gasteiger partial charge in [-0.05, 0) is 82.9 Å². The highest BCUT2D eigenvalue weighted by molar-refractivity contribution is 5.90. The molecule has 0 bridgehead atoms. The number of carbonyl (C=O) groups is 3. The van der Waals surface area contributed by atoms with Gasteiger partial charge in [0.15, 0.2) is 11.6 Å². The number of aliphatic hydroxyl groups excluding tert-OH is 1. The molecule has 2 saturated heterocycles. The summed E-state index contributed by atoms with van der Waals surface area (Å²) in [5, 5.41) is 26.8. The van der Waals surface area contributed by atoms with Crippen molar-refractivity contribution >= 4 is 23.7 Å². The average molecular weight is 591 g/mol. The average Bonchev–Trinajstić information content (AvgIpc) is 3.63. The minimum absolute atomic E-state index is 0.0270. The summed E-state index contributed by atoms with van der Waals surface area (Å²) in [5.41, 5.74) is 0.992. The summed E-state index contributed by atoms with van der Waals surface area (Å²) in [4.78, 5) is 37.2. The lowest BCUT2D eigenvalue weighted by molar-refractivity contribution is 0.0175. The molecular formula is C30H39FN2O9. The van der Waals surface area contributed by atoms with Crippen molar-refractivity contribution in [2.45, 2.75) is 64.1 Å². The van der Waals surface area contributed by atoms with Crippen LogP contribution < -0.4 is 9.64 Å². The van der Waals surface area contributed by atoms with Gasteiger partial charge in [0.05, 0.1) is 42.6 Å². The molecule has 3 heterocycles. The lowest BCUT2D eigenvalue weighted by Gasteiger charge is -2.33. The monoisotopic (exact) mass is 590 g/mol. The van der Waals surface area contributed by atoms with Crippen LogP contribution in [0.1, 0.15) is 67.2 Å². The summed E-state index contributed by atoms with van der Waals surface area (Å²) in [6.07, 6.45) is 3.86. The van der Waals surface area contributed by atoms with E-state index in [0.717, 1.165) is 37.2 Å². The number of ether oxygens (including phenoxy) is 3. The van der Waals surface area contributed by atoms with Crippen molar-refractivity contribution in [3.63, 3.8) is 0 Å². The van der Waals surface area contributed by atoms with Gasteiger partial charge in [0.25, 0.3) is 0 Å². The zero-order chi connectivity index (χ0) is 31.0. The molecule has 11 nitrogen and oxygen atoms in total. The predicted octanol–water partition coefficient (Wildman–Crippen LogP) is 4.44. The number of aromatic hydroxyl groups is 1. The first-order chi connectivity index (χ1) is 19.8. The van der Waals surface area contributed by atoms with E-state index in [0.29, 0.717) is 24.9 Å². The van der Waals surface area contributed by atoms with Gasteiger partial charge in [-0.1, -0.05) is 0 Å². The van der Waals surface area contributed by atoms with E-state index in [1.807, 2.05) is 26.8 Å². The molecule has 1 amide bonds. The summed E-state index contributed by atoms with van der Waals surface area (Å²) in [6.45, 7) is 7.97. The Morgan fingerprint density at radius 2 is 1.74 bits per heavy atom. The van der Waals surface area contributed by atoms with Crippen LogP contribution in [-0.2, 0) is 9.47 Å². The van der Waals surface area contributed by atoms with Crippen molar-refractivity contribution in [2.24, 2.45) is 0 Å². The maximum Gasteiger partial charge on any atom is 0.410 e. The van der Waals surface area contributed by atoms with Gasteiger partial charge in [0.2, 0.25) is 0 Å². The number of methoxy groups -OCH3 is 1. The van der Waals surface area contributed by atoms with Crippen LogP contribution >= 0.6 is 0 Å². The maximum atomic E-state index is 12.5. The lowest BCUT2D eigenvalue weighted by Crippen LogP contribution is -2.41. The quantitative estimate of drug-likeness (QED) is 0.439. The highest BCUT2D eigenvalue weighted by Crippen LogP contribution is 2.38. The number of aromatic carboxylic acids is 1. The Kier molecular flexibility index (Phi) is 11.0. The van der Waals surface area contributed by atoms with Crippen LogP contribution in [0.5, 0.6) is 11.5 Å². The van der Waals surface area contributed by atoms with E-state index >= 15 is 0 Å². The smallest absolute Gasteiger partial charge is 0.410 e. The van der Waals surface area contributed by atoms with E-state index in [2.05, 4.69) is 9.64 Å². The number of nitrogens with zero attached hydrogens (tertiary/aromatic N) is 2. The van der Waals surface area contributed by atoms with Crippen molar-refractivity contribution in [3.8, 4) is 11.5 Å². The summed E-state index contributed by atoms with van der Waals surface area (Å²) in [5.74, 6) is -2.13. The highest BCUT2D eigenvalue weighted by Gasteiger charge is 2.32. The highest BCUT2D eigenvalue weighted by atomic mass is 19.1. The summed E-state index contributed by atoms with van der Waals surface area (Å²) in [6, 6.07) is 8.80. The topological polar surface area (TPSA) is 146 Å². The Hall–Kier alpha value is -4.06. The number of aliphatic hydroxyl groups is 1. The van der Waals surface area contributed by atoms with Crippen molar-refractivity contribution in [3.05, 3.63) is 53.3 Å². The number of phenols is 1. The Morgan fingerprint density at radius 1 is 1.05 bits per heavy atom. The molecule has 2 aromatic carbocycles. The lowest BCUT2D eigenvalue weighted by atomic mass is 10.1. The fourth-order valence-electron chi connectivity index (χ4n) is 4.86. The Morgan fingerprint density at radius 3 is 2.36 bits per heavy atom. The second-order valence-corrected chi connectivity index (χ2v) is 11.1. The number of carboxylic acid groups (broad SMARTS) is 1. The second-order valence-electron chi connectivity index (χ2n) is 11.1. The zero-order valence-corrected chi connectivity index (χ0v) is 24.3. The number of amides is 1. The van der Waals surface area contributed by atoms with Gasteiger partial charge < -0.3 is 39.3 Å². The first-order valence-electron chi connectivity index (χ1n) is 13.8. The summed E-state index contributed by atoms with van der Waals surface area (Å²) < 4.78 is 27.7. The van der Waals surface area contributed by atoms with Gasteiger partial charge in [0, 0.05) is 13.1 Å². The Bertz CT molecular complexity index is 1260. The number of likely N-dealkylation sites (tertiary alicyclic amines) is 1. The van der Waals surface area contributed by atoms with E-state index in [4.69, 9.17) is 24.8 Å². The van der Waals surface area contributed by atoms with Crippen molar-refractivity contribution in [2.75, 3.05) is 38.3 Å². The fraction of sp³-hybridized carbons (Fsp3) is 0.500. The van der Waals surface area contributed by atoms with Gasteiger partial charge in [-0.15, -0.1) is 0 Å². The number of rotatable bonds is 3. The molecule has 0 radical (unpaired) electrons. The minimum atomic E-state index is -0.907. The molecule has 2 aromatic rings. The molecule has 0 unspecified atom stereocenters. The van der Waals surface area contributed by atoms with Crippen molar-refractivity contribution < 1.29 is 48.3 Å². The van der Waals surface area contributed by atoms with Gasteiger partial charge in [0.1, 0.15) is 18.0 Å². The van der Waals surface area contributed by atoms with Crippen LogP contribution in [0.2, 0.25) is 0 Å². The van der Waals surface area contributed by atoms with Gasteiger partial charge in [-0.2, -0.15) is 0 Å². The van der Waals surface area contributed by atoms with E-state index in [1.165, 1.54) is 26.0 Å². The van der Waals surface area contributed by atoms with Crippen LogP contribution in [-0.4, -0.2) is 89.3 Å². The maximum absolute atomic E-state index is 12.5. The van der Waals surface area contributed by atoms with Gasteiger partial charge in [-0.25, -0.2) is 18.8 Å². The molecule has 5 rings (SSSR count). The van der Waals surface area contributed by atoms with Crippen LogP contribution in [0.3, 0.4) is 0 Å². The number of fused-ring (bicyclic) bond motifs is 3. The van der Waals surface area contributed by atoms with Crippen molar-refractivity contribution in [1.29, 1.82) is 0 Å². The third-order valence-corrected chi connectivity index (χ3v) is 6.91. The number of hydrogen-bond donors (Lipinski definition) is 3. The summed E-state index contributed by atoms with van der Waals surface area (Å²) >= 11 is 0. The van der Waals surface area contributed by atoms with E-state index < -0.39 is 29.1 Å². The van der Waals surface area contributed by atoms with Crippen LogP contribution in [0, 0.1) is 5.82 Å². The molecule has 3 aliphatic rings. The molecule has 2 fully saturated rings. The largest absolute Gasteiger partial charge is 0.505 e. The number of carboxylic acids is 1. The van der Waals surface area contributed by atoms with Gasteiger partial charge >= 0.3 is 18.0 Å². The molecular weight excluding hydrogens is 551 g/mol. The number of phenolic OH excluding ortho intramolecular Hbond substituents is 1. The summed E-state index contributed by atoms with van der Waals surface area (Å²) in [7, 11) is 1.21. The van der Waals surface area contributed by atoms with E-state index in [1.54, 1.807) is 17.0 Å². The molecule has 0 aliphatic carbocycles. The standard InChI is InChI=1S/C12H13NO3.C10H19NO3.C8H7FO3/c14-12(15)8-3-4-10-11(6-8)16-7-9-2-1-5-13(9)10;1-10(2,3)14-9(13)11-6-4-5-8(11)7-12;1-12-8(11)5-2-3-6(9)7(10)4-5/h3-4,6,9H,1-2,5,7H2,(H,14,15);8,12H,4-7H2,1-3H3;2-4,10H,1H3/t9-;8-;/m11./s1. The molecule has 3 aliphatic heterocycles. The predicted molar refractivity (Wildman–Crippen MR) is 152 cm³/mol. The molecule has 12 heteroatoms. The second kappa shape index (κ2) is 14.2. The first-order valence-corrected chi connectivity index (χ1v) is 13.8. The number of benzene rings is 2. The normalized spacial score (nSPS) is 18.7. The number of anilines is 1. The van der Waals surface area contributed by atoms with Crippen LogP contribution in [0.25, 0.3) is 0 Å². The molecule has 0 spiro atoms. The van der Waals surface area contributed by atoms with E-state index in [9.17, 15) is 18.8 Å². The minimum Gasteiger partial charge on any atom is -0.505 e. The number of halogens is 1. The molecule has 0 aromatic heterocycles. The Balaban J connectivity index is 0.000000175. The molecule has 42 heavy (non-hydrogen) atoms. The third-order valence-electron chi connectivity index (χ3n) is 6.91. The zero-order valence-electron chi connectivity index (χ0n) is 24.3. The van der Waals surface area contributed by atoms with Crippen LogP contribution in [0.4, 0.5) is 14.9 Å². The van der Waals surface area contributed by atoms with Gasteiger partial charge in [-0.3, -0.25) is 0 Å². The fourth-order valence-corrected chi connectivity index (χ4v) is 4.86.